The Morgan fingerprint density at radius 2 is 0.879 bits per heavy atom. The molecule has 7 rings (SSSR count). The molecular formula is C51H63F2NO3Si. The van der Waals surface area contributed by atoms with Gasteiger partial charge in [0.1, 0.15) is 40.5 Å². The molecule has 0 fully saturated rings. The summed E-state index contributed by atoms with van der Waals surface area (Å²) in [5, 5.41) is 8.79. The van der Waals surface area contributed by atoms with Gasteiger partial charge in [-0.2, -0.15) is 5.26 Å². The van der Waals surface area contributed by atoms with Gasteiger partial charge in [0.2, 0.25) is 5.22 Å². The van der Waals surface area contributed by atoms with E-state index in [9.17, 15) is 5.26 Å². The van der Waals surface area contributed by atoms with Crippen LogP contribution in [0, 0.1) is 23.0 Å². The quantitative estimate of drug-likeness (QED) is 0.180. The Hall–Kier alpha value is -4.15. The second kappa shape index (κ2) is 12.4. The number of nitrogens with zero attached hydrogens (tertiary/aromatic N) is 1. The second-order valence-electron chi connectivity index (χ2n) is 23.3. The van der Waals surface area contributed by atoms with E-state index in [0.717, 1.165) is 55.8 Å². The number of hydrogen-bond acceptors (Lipinski definition) is 4. The molecule has 2 bridgehead atoms. The van der Waals surface area contributed by atoms with Gasteiger partial charge in [-0.05, 0) is 78.5 Å². The van der Waals surface area contributed by atoms with E-state index in [4.69, 9.17) is 13.6 Å². The van der Waals surface area contributed by atoms with Crippen molar-refractivity contribution in [2.75, 3.05) is 0 Å². The maximum atomic E-state index is 16.3. The summed E-state index contributed by atoms with van der Waals surface area (Å²) in [6.45, 7) is 39.7. The third-order valence-electron chi connectivity index (χ3n) is 12.6. The Balaban J connectivity index is 1.79. The first-order chi connectivity index (χ1) is 26.3. The van der Waals surface area contributed by atoms with Gasteiger partial charge in [0, 0.05) is 27.4 Å². The van der Waals surface area contributed by atoms with Gasteiger partial charge >= 0.3 is 8.56 Å². The first-order valence-corrected chi connectivity index (χ1v) is 22.6. The number of nitriles is 1. The van der Waals surface area contributed by atoms with Crippen molar-refractivity contribution >= 4 is 13.7 Å². The minimum atomic E-state index is -4.35. The van der Waals surface area contributed by atoms with Crippen molar-refractivity contribution in [3.63, 3.8) is 0 Å². The molecule has 0 aromatic heterocycles. The summed E-state index contributed by atoms with van der Waals surface area (Å²) in [6.07, 6.45) is 0. The zero-order valence-corrected chi connectivity index (χ0v) is 39.1. The maximum absolute atomic E-state index is 16.3. The van der Waals surface area contributed by atoms with Crippen molar-refractivity contribution in [2.45, 2.75) is 168 Å². The molecule has 308 valence electrons. The fourth-order valence-corrected chi connectivity index (χ4v) is 13.2. The maximum Gasteiger partial charge on any atom is 0.547 e. The van der Waals surface area contributed by atoms with E-state index in [1.807, 2.05) is 0 Å². The number of hydrogen-bond donors (Lipinski definition) is 0. The molecule has 0 saturated heterocycles. The highest BCUT2D eigenvalue weighted by molar-refractivity contribution is 6.85. The van der Waals surface area contributed by atoms with E-state index in [-0.39, 0.29) is 37.7 Å². The molecule has 0 N–H and O–H groups in total. The Morgan fingerprint density at radius 3 is 1.22 bits per heavy atom. The lowest BCUT2D eigenvalue weighted by Gasteiger charge is -2.62. The standard InChI is InChI=1S/C51H63F2NO3Si/c1-45(2,3)28-19-32-41-33-20-29(46(4,5)6)22-36(49(13,14)15)43(33)57-58(56-42(32)35(21-28)48(10,11)12,31-25-39(52)34(27-54)40(53)26-31)51(41)38-24-30(47(7,8)9)23-37(44(38)55-51)50(16,17)18/h19-26,41H,1-18H3. The van der Waals surface area contributed by atoms with Gasteiger partial charge in [-0.3, -0.25) is 0 Å². The fourth-order valence-electron chi connectivity index (χ4n) is 9.03. The molecule has 3 aliphatic rings. The SMILES string of the molecule is CC(C)(C)c1cc2c(c(C(C)(C)C)c1)O[Si]1(c3cc(F)c(C#N)c(F)c3)Oc3c(cc(C(C)(C)C)cc3C(C)(C)C)C2C12Oc1c(C(C)(C)C)cc(C(C)(C)C)cc12. The monoisotopic (exact) mass is 803 g/mol. The number of ether oxygens (including phenoxy) is 1. The van der Waals surface area contributed by atoms with Crippen molar-refractivity contribution in [2.24, 2.45) is 0 Å². The summed E-state index contributed by atoms with van der Waals surface area (Å²) in [5.74, 6) is -0.273. The molecule has 4 nitrogen and oxygen atoms in total. The lowest BCUT2D eigenvalue weighted by Crippen LogP contribution is -2.82. The molecule has 58 heavy (non-hydrogen) atoms. The Morgan fingerprint density at radius 1 is 0.517 bits per heavy atom. The van der Waals surface area contributed by atoms with E-state index in [0.29, 0.717) is 11.5 Å². The summed E-state index contributed by atoms with van der Waals surface area (Å²) in [6, 6.07) is 17.9. The summed E-state index contributed by atoms with van der Waals surface area (Å²) in [5.41, 5.74) is 7.00. The first-order valence-electron chi connectivity index (χ1n) is 20.8. The molecule has 3 heterocycles. The lowest BCUT2D eigenvalue weighted by atomic mass is 9.69. The van der Waals surface area contributed by atoms with E-state index < -0.39 is 36.9 Å². The zero-order valence-electron chi connectivity index (χ0n) is 38.1. The smallest absolute Gasteiger partial charge is 0.506 e. The van der Waals surface area contributed by atoms with Gasteiger partial charge in [-0.25, -0.2) is 8.78 Å². The average molecular weight is 804 g/mol. The van der Waals surface area contributed by atoms with Gasteiger partial charge in [0.25, 0.3) is 0 Å². The van der Waals surface area contributed by atoms with Gasteiger partial charge in [-0.1, -0.05) is 155 Å². The van der Waals surface area contributed by atoms with Gasteiger partial charge in [0.15, 0.2) is 0 Å². The number of benzene rings is 4. The summed E-state index contributed by atoms with van der Waals surface area (Å²) in [7, 11) is -4.35. The van der Waals surface area contributed by atoms with Gasteiger partial charge < -0.3 is 13.6 Å². The van der Waals surface area contributed by atoms with Gasteiger partial charge in [-0.15, -0.1) is 0 Å². The molecule has 1 unspecified atom stereocenters. The molecule has 4 aromatic carbocycles. The van der Waals surface area contributed by atoms with Crippen LogP contribution in [0.25, 0.3) is 0 Å². The number of rotatable bonds is 1. The van der Waals surface area contributed by atoms with Crippen molar-refractivity contribution in [3.8, 4) is 23.3 Å². The van der Waals surface area contributed by atoms with Crippen LogP contribution in [0.1, 0.15) is 186 Å². The molecule has 0 saturated carbocycles. The second-order valence-corrected chi connectivity index (χ2v) is 26.3. The van der Waals surface area contributed by atoms with Crippen molar-refractivity contribution < 1.29 is 22.4 Å². The van der Waals surface area contributed by atoms with Crippen molar-refractivity contribution in [3.05, 3.63) is 116 Å². The van der Waals surface area contributed by atoms with E-state index >= 15 is 8.78 Å². The third kappa shape index (κ3) is 6.13. The van der Waals surface area contributed by atoms with Crippen molar-refractivity contribution in [1.82, 2.24) is 0 Å². The zero-order chi connectivity index (χ0) is 43.3. The number of fused-ring (bicyclic) bond motifs is 5. The summed E-state index contributed by atoms with van der Waals surface area (Å²) >= 11 is 0. The third-order valence-corrected chi connectivity index (χ3v) is 16.2. The lowest BCUT2D eigenvalue weighted by molar-refractivity contribution is 0.0183. The highest BCUT2D eigenvalue weighted by atomic mass is 28.4. The van der Waals surface area contributed by atoms with Crippen LogP contribution >= 0.6 is 0 Å². The summed E-state index contributed by atoms with van der Waals surface area (Å²) < 4.78 is 55.7. The highest BCUT2D eigenvalue weighted by Gasteiger charge is 2.80. The molecule has 7 heteroatoms. The molecular weight excluding hydrogens is 741 g/mol. The van der Waals surface area contributed by atoms with Crippen LogP contribution < -0.4 is 18.8 Å². The minimum Gasteiger partial charge on any atom is -0.506 e. The van der Waals surface area contributed by atoms with E-state index in [1.165, 1.54) is 12.1 Å². The summed E-state index contributed by atoms with van der Waals surface area (Å²) in [4.78, 5) is 0. The van der Waals surface area contributed by atoms with Crippen molar-refractivity contribution in [1.29, 1.82) is 5.26 Å². The van der Waals surface area contributed by atoms with Crippen LogP contribution in [0.5, 0.6) is 17.2 Å². The largest absolute Gasteiger partial charge is 0.547 e. The first kappa shape index (κ1) is 42.0. The predicted molar refractivity (Wildman–Crippen MR) is 233 cm³/mol. The molecule has 0 aliphatic carbocycles. The van der Waals surface area contributed by atoms with Crippen LogP contribution in [-0.4, -0.2) is 8.56 Å². The Labute approximate surface area is 347 Å². The predicted octanol–water partition coefficient (Wildman–Crippen LogP) is 12.7. The topological polar surface area (TPSA) is 51.5 Å². The van der Waals surface area contributed by atoms with E-state index in [1.54, 1.807) is 6.07 Å². The van der Waals surface area contributed by atoms with E-state index in [2.05, 4.69) is 161 Å². The molecule has 1 atom stereocenters. The molecule has 3 aliphatic heterocycles. The molecule has 0 radical (unpaired) electrons. The van der Waals surface area contributed by atoms with Crippen LogP contribution in [0.3, 0.4) is 0 Å². The Bertz CT molecular complexity index is 2320. The average Bonchev–Trinajstić information content (AvgIpc) is 3.03. The molecule has 4 aromatic rings. The van der Waals surface area contributed by atoms with Crippen LogP contribution in [0.15, 0.2) is 48.5 Å². The normalized spacial score (nSPS) is 21.5. The molecule has 0 amide bonds. The number of halogens is 2. The van der Waals surface area contributed by atoms with Crippen LogP contribution in [0.4, 0.5) is 8.78 Å². The Kier molecular flexibility index (Phi) is 9.01. The molecule has 1 spiro atoms. The van der Waals surface area contributed by atoms with Crippen LogP contribution in [-0.2, 0) is 37.7 Å². The highest BCUT2D eigenvalue weighted by Crippen LogP contribution is 2.69. The fraction of sp³-hybridized carbons (Fsp3) is 0.510. The van der Waals surface area contributed by atoms with Gasteiger partial charge in [0.05, 0.1) is 5.92 Å². The minimum absolute atomic E-state index is 0.220. The van der Waals surface area contributed by atoms with Crippen LogP contribution in [0.2, 0.25) is 0 Å².